The zero-order valence-corrected chi connectivity index (χ0v) is 10.2. The Morgan fingerprint density at radius 1 is 1.53 bits per heavy atom. The molecule has 1 atom stereocenters. The average Bonchev–Trinajstić information content (AvgIpc) is 2.75. The lowest BCUT2D eigenvalue weighted by Gasteiger charge is -2.07. The number of nitrogens with one attached hydrogen (secondary N) is 1. The zero-order chi connectivity index (χ0) is 12.3. The van der Waals surface area contributed by atoms with Crippen molar-refractivity contribution in [3.63, 3.8) is 0 Å². The van der Waals surface area contributed by atoms with Crippen LogP contribution in [0, 0.1) is 6.92 Å². The van der Waals surface area contributed by atoms with E-state index in [1.807, 2.05) is 13.0 Å². The Balaban J connectivity index is 2.16. The van der Waals surface area contributed by atoms with E-state index < -0.39 is 0 Å². The number of imidazole rings is 1. The van der Waals surface area contributed by atoms with Crippen molar-refractivity contribution >= 4 is 11.2 Å². The number of H-pyrrole nitrogens is 1. The molecule has 0 saturated carbocycles. The maximum atomic E-state index is 6.07. The number of aromatic nitrogens is 3. The van der Waals surface area contributed by atoms with Gasteiger partial charge in [-0.1, -0.05) is 0 Å². The second-order valence-corrected chi connectivity index (χ2v) is 4.19. The van der Waals surface area contributed by atoms with Crippen LogP contribution in [0.4, 0.5) is 0 Å². The lowest BCUT2D eigenvalue weighted by Crippen LogP contribution is -2.12. The van der Waals surface area contributed by atoms with Gasteiger partial charge in [-0.2, -0.15) is 0 Å². The molecule has 1 unspecified atom stereocenters. The molecule has 5 heteroatoms. The second kappa shape index (κ2) is 5.25. The van der Waals surface area contributed by atoms with Gasteiger partial charge in [-0.3, -0.25) is 0 Å². The van der Waals surface area contributed by atoms with E-state index in [2.05, 4.69) is 15.0 Å². The third-order valence-electron chi connectivity index (χ3n) is 2.83. The first-order valence-corrected chi connectivity index (χ1v) is 5.78. The summed E-state index contributed by atoms with van der Waals surface area (Å²) in [5.41, 5.74) is 8.92. The number of ether oxygens (including phenoxy) is 1. The summed E-state index contributed by atoms with van der Waals surface area (Å²) in [7, 11) is 1.69. The summed E-state index contributed by atoms with van der Waals surface area (Å²) in [6.45, 7) is 2.76. The fourth-order valence-electron chi connectivity index (χ4n) is 1.81. The molecule has 5 nitrogen and oxygen atoms in total. The first kappa shape index (κ1) is 12.0. The number of aryl methyl sites for hydroxylation is 1. The molecule has 3 N–H and O–H groups in total. The third kappa shape index (κ3) is 2.62. The Bertz CT molecular complexity index is 494. The molecule has 0 bridgehead atoms. The molecule has 0 aliphatic carbocycles. The lowest BCUT2D eigenvalue weighted by atomic mass is 10.1. The highest BCUT2D eigenvalue weighted by atomic mass is 16.5. The summed E-state index contributed by atoms with van der Waals surface area (Å²) in [5, 5.41) is 0. The number of hydrogen-bond donors (Lipinski definition) is 2. The maximum Gasteiger partial charge on any atom is 0.178 e. The molecule has 17 heavy (non-hydrogen) atoms. The molecular formula is C12H18N4O. The van der Waals surface area contributed by atoms with E-state index in [4.69, 9.17) is 10.5 Å². The summed E-state index contributed by atoms with van der Waals surface area (Å²) >= 11 is 0. The van der Waals surface area contributed by atoms with Gasteiger partial charge >= 0.3 is 0 Å². The van der Waals surface area contributed by atoms with E-state index in [9.17, 15) is 0 Å². The van der Waals surface area contributed by atoms with E-state index in [0.717, 1.165) is 42.0 Å². The van der Waals surface area contributed by atoms with E-state index in [-0.39, 0.29) is 6.04 Å². The van der Waals surface area contributed by atoms with Gasteiger partial charge in [0, 0.05) is 19.9 Å². The molecule has 0 aromatic carbocycles. The van der Waals surface area contributed by atoms with Crippen LogP contribution >= 0.6 is 0 Å². The number of rotatable bonds is 5. The Hall–Kier alpha value is -1.46. The maximum absolute atomic E-state index is 6.07. The van der Waals surface area contributed by atoms with Gasteiger partial charge in [0.05, 0.1) is 11.6 Å². The first-order chi connectivity index (χ1) is 8.22. The number of pyridine rings is 1. The van der Waals surface area contributed by atoms with Crippen molar-refractivity contribution < 1.29 is 4.74 Å². The molecule has 0 radical (unpaired) electrons. The molecule has 0 fully saturated rings. The summed E-state index contributed by atoms with van der Waals surface area (Å²) in [6, 6.07) is 1.87. The molecular weight excluding hydrogens is 216 g/mol. The Kier molecular flexibility index (Phi) is 3.71. The molecule has 2 heterocycles. The van der Waals surface area contributed by atoms with Crippen LogP contribution in [0.1, 0.15) is 30.3 Å². The Morgan fingerprint density at radius 3 is 3.06 bits per heavy atom. The van der Waals surface area contributed by atoms with E-state index in [0.29, 0.717) is 0 Å². The van der Waals surface area contributed by atoms with Crippen LogP contribution in [-0.2, 0) is 4.74 Å². The largest absolute Gasteiger partial charge is 0.385 e. The standard InChI is InChI=1S/C12H18N4O/c1-8-5-6-14-12-10(8)15-11(16-12)9(13)4-3-7-17-2/h5-6,9H,3-4,7,13H2,1-2H3,(H,14,15,16). The highest BCUT2D eigenvalue weighted by molar-refractivity contribution is 5.74. The van der Waals surface area contributed by atoms with Crippen LogP contribution in [0.3, 0.4) is 0 Å². The van der Waals surface area contributed by atoms with Crippen molar-refractivity contribution in [3.05, 3.63) is 23.7 Å². The van der Waals surface area contributed by atoms with Gasteiger partial charge in [-0.05, 0) is 31.4 Å². The molecule has 2 aromatic heterocycles. The highest BCUT2D eigenvalue weighted by Gasteiger charge is 2.12. The van der Waals surface area contributed by atoms with E-state index in [1.165, 1.54) is 0 Å². The van der Waals surface area contributed by atoms with Crippen LogP contribution < -0.4 is 5.73 Å². The minimum absolute atomic E-state index is 0.0845. The lowest BCUT2D eigenvalue weighted by molar-refractivity contribution is 0.190. The normalized spacial score (nSPS) is 13.1. The quantitative estimate of drug-likeness (QED) is 0.772. The van der Waals surface area contributed by atoms with Crippen LogP contribution in [0.25, 0.3) is 11.2 Å². The number of hydrogen-bond acceptors (Lipinski definition) is 4. The fraction of sp³-hybridized carbons (Fsp3) is 0.500. The first-order valence-electron chi connectivity index (χ1n) is 5.78. The van der Waals surface area contributed by atoms with Crippen LogP contribution in [0.5, 0.6) is 0 Å². The predicted octanol–water partition coefficient (Wildman–Crippen LogP) is 1.69. The van der Waals surface area contributed by atoms with Crippen molar-refractivity contribution in [3.8, 4) is 0 Å². The molecule has 0 spiro atoms. The van der Waals surface area contributed by atoms with E-state index >= 15 is 0 Å². The Morgan fingerprint density at radius 2 is 2.35 bits per heavy atom. The van der Waals surface area contributed by atoms with Crippen LogP contribution in [-0.4, -0.2) is 28.7 Å². The molecule has 0 amide bonds. The SMILES string of the molecule is COCCCC(N)c1nc2nccc(C)c2[nH]1. The van der Waals surface area contributed by atoms with Gasteiger partial charge in [0.15, 0.2) is 5.65 Å². The van der Waals surface area contributed by atoms with Crippen LogP contribution in [0.2, 0.25) is 0 Å². The second-order valence-electron chi connectivity index (χ2n) is 4.19. The van der Waals surface area contributed by atoms with Gasteiger partial charge in [-0.25, -0.2) is 9.97 Å². The number of aromatic amines is 1. The molecule has 2 aromatic rings. The molecule has 2 rings (SSSR count). The predicted molar refractivity (Wildman–Crippen MR) is 66.7 cm³/mol. The number of fused-ring (bicyclic) bond motifs is 1. The van der Waals surface area contributed by atoms with Crippen molar-refractivity contribution in [1.82, 2.24) is 15.0 Å². The average molecular weight is 234 g/mol. The monoisotopic (exact) mass is 234 g/mol. The minimum Gasteiger partial charge on any atom is -0.385 e. The summed E-state index contributed by atoms with van der Waals surface area (Å²) in [6.07, 6.45) is 3.55. The van der Waals surface area contributed by atoms with Crippen molar-refractivity contribution in [2.75, 3.05) is 13.7 Å². The van der Waals surface area contributed by atoms with Crippen LogP contribution in [0.15, 0.2) is 12.3 Å². The third-order valence-corrected chi connectivity index (χ3v) is 2.83. The van der Waals surface area contributed by atoms with Gasteiger partial charge in [0.1, 0.15) is 5.82 Å². The fourth-order valence-corrected chi connectivity index (χ4v) is 1.81. The summed E-state index contributed by atoms with van der Waals surface area (Å²) in [4.78, 5) is 11.9. The molecule has 0 aliphatic heterocycles. The topological polar surface area (TPSA) is 76.8 Å². The van der Waals surface area contributed by atoms with Gasteiger partial charge in [0.25, 0.3) is 0 Å². The van der Waals surface area contributed by atoms with Gasteiger partial charge in [0.2, 0.25) is 0 Å². The zero-order valence-electron chi connectivity index (χ0n) is 10.2. The van der Waals surface area contributed by atoms with E-state index in [1.54, 1.807) is 13.3 Å². The molecule has 92 valence electrons. The van der Waals surface area contributed by atoms with Crippen molar-refractivity contribution in [1.29, 1.82) is 0 Å². The van der Waals surface area contributed by atoms with Gasteiger partial charge < -0.3 is 15.5 Å². The van der Waals surface area contributed by atoms with Crippen molar-refractivity contribution in [2.24, 2.45) is 5.73 Å². The number of nitrogens with two attached hydrogens (primary N) is 1. The van der Waals surface area contributed by atoms with Crippen molar-refractivity contribution in [2.45, 2.75) is 25.8 Å². The number of methoxy groups -OCH3 is 1. The summed E-state index contributed by atoms with van der Waals surface area (Å²) < 4.78 is 5.01. The summed E-state index contributed by atoms with van der Waals surface area (Å²) in [5.74, 6) is 0.804. The molecule has 0 aliphatic rings. The minimum atomic E-state index is -0.0845. The number of nitrogens with zero attached hydrogens (tertiary/aromatic N) is 2. The smallest absolute Gasteiger partial charge is 0.178 e. The molecule has 0 saturated heterocycles. The Labute approximate surface area is 100 Å². The highest BCUT2D eigenvalue weighted by Crippen LogP contribution is 2.18. The van der Waals surface area contributed by atoms with Gasteiger partial charge in [-0.15, -0.1) is 0 Å².